The van der Waals surface area contributed by atoms with Crippen molar-refractivity contribution in [2.75, 3.05) is 26.7 Å². The van der Waals surface area contributed by atoms with Crippen molar-refractivity contribution < 1.29 is 0 Å². The Morgan fingerprint density at radius 3 is 2.93 bits per heavy atom. The number of aliphatic imine (C=N–C) groups is 1. The fraction of sp³-hybridized carbons (Fsp3) is 0.700. The summed E-state index contributed by atoms with van der Waals surface area (Å²) >= 11 is 0. The van der Waals surface area contributed by atoms with Crippen LogP contribution in [0.3, 0.4) is 0 Å². The molecule has 160 valence electrons. The average molecular weight is 512 g/mol. The highest BCUT2D eigenvalue weighted by atomic mass is 127. The number of nitrogens with one attached hydrogen (secondary N) is 1. The van der Waals surface area contributed by atoms with E-state index in [1.807, 2.05) is 25.0 Å². The van der Waals surface area contributed by atoms with Crippen LogP contribution in [0.4, 0.5) is 0 Å². The molecule has 4 heterocycles. The van der Waals surface area contributed by atoms with E-state index in [2.05, 4.69) is 41.3 Å². The molecule has 1 atom stereocenters. The summed E-state index contributed by atoms with van der Waals surface area (Å²) in [7, 11) is 3.85. The number of hydrogen-bond donors (Lipinski definition) is 1. The molecule has 0 bridgehead atoms. The Kier molecular flexibility index (Phi) is 7.91. The van der Waals surface area contributed by atoms with Crippen molar-refractivity contribution in [3.05, 3.63) is 29.6 Å². The third kappa shape index (κ3) is 5.29. The summed E-state index contributed by atoms with van der Waals surface area (Å²) < 4.78 is 4.23. The van der Waals surface area contributed by atoms with Gasteiger partial charge >= 0.3 is 0 Å². The van der Waals surface area contributed by atoms with Crippen molar-refractivity contribution >= 4 is 29.9 Å². The molecule has 2 aliphatic heterocycles. The van der Waals surface area contributed by atoms with Gasteiger partial charge in [-0.15, -0.1) is 34.2 Å². The second-order valence-corrected chi connectivity index (χ2v) is 7.95. The van der Waals surface area contributed by atoms with E-state index in [-0.39, 0.29) is 24.0 Å². The number of aromatic nitrogens is 5. The fourth-order valence-electron chi connectivity index (χ4n) is 4.38. The van der Waals surface area contributed by atoms with Crippen LogP contribution >= 0.6 is 24.0 Å². The SMILES string of the molecule is CN=C(NCCCc1nnc2n1CCCCC2)N1CCC(c2cnn(C)c2)C1.I. The molecule has 0 aromatic carbocycles. The molecule has 0 spiro atoms. The van der Waals surface area contributed by atoms with Gasteiger partial charge in [0.1, 0.15) is 11.6 Å². The zero-order valence-corrected chi connectivity index (χ0v) is 19.9. The summed E-state index contributed by atoms with van der Waals surface area (Å²) in [4.78, 5) is 6.86. The van der Waals surface area contributed by atoms with E-state index in [1.54, 1.807) is 0 Å². The lowest BCUT2D eigenvalue weighted by molar-refractivity contribution is 0.484. The maximum Gasteiger partial charge on any atom is 0.193 e. The number of nitrogens with zero attached hydrogens (tertiary/aromatic N) is 7. The second-order valence-electron chi connectivity index (χ2n) is 7.95. The monoisotopic (exact) mass is 512 g/mol. The van der Waals surface area contributed by atoms with Crippen molar-refractivity contribution in [1.29, 1.82) is 0 Å². The molecule has 2 aliphatic rings. The molecule has 2 aromatic heterocycles. The van der Waals surface area contributed by atoms with Gasteiger partial charge in [0, 0.05) is 65.2 Å². The molecule has 1 saturated heterocycles. The molecule has 0 radical (unpaired) electrons. The molecule has 8 nitrogen and oxygen atoms in total. The zero-order valence-electron chi connectivity index (χ0n) is 17.5. The molecular formula is C20H33IN8. The van der Waals surface area contributed by atoms with Crippen LogP contribution in [-0.4, -0.2) is 62.1 Å². The van der Waals surface area contributed by atoms with E-state index in [1.165, 1.54) is 30.7 Å². The van der Waals surface area contributed by atoms with Crippen molar-refractivity contribution in [1.82, 2.24) is 34.8 Å². The lowest BCUT2D eigenvalue weighted by atomic mass is 10.0. The van der Waals surface area contributed by atoms with Gasteiger partial charge in [-0.05, 0) is 31.2 Å². The minimum atomic E-state index is 0. The number of halogens is 1. The number of hydrogen-bond acceptors (Lipinski definition) is 4. The van der Waals surface area contributed by atoms with Crippen LogP contribution in [0.2, 0.25) is 0 Å². The second kappa shape index (κ2) is 10.4. The van der Waals surface area contributed by atoms with Gasteiger partial charge in [0.25, 0.3) is 0 Å². The summed E-state index contributed by atoms with van der Waals surface area (Å²) in [5.41, 5.74) is 1.33. The summed E-state index contributed by atoms with van der Waals surface area (Å²) in [6.07, 6.45) is 12.1. The molecular weight excluding hydrogens is 479 g/mol. The molecule has 1 N–H and O–H groups in total. The molecule has 2 aromatic rings. The van der Waals surface area contributed by atoms with Gasteiger partial charge in [-0.25, -0.2) is 0 Å². The third-order valence-electron chi connectivity index (χ3n) is 5.94. The van der Waals surface area contributed by atoms with Gasteiger partial charge in [0.2, 0.25) is 0 Å². The van der Waals surface area contributed by atoms with E-state index < -0.39 is 0 Å². The standard InChI is InChI=1S/C20H32N8.HI/c1-21-20(27-12-9-16(15-27)17-13-23-26(2)14-17)22-10-6-8-19-25-24-18-7-4-3-5-11-28(18)19;/h13-14,16H,3-12,15H2,1-2H3,(H,21,22);1H. The molecule has 0 aliphatic carbocycles. The maximum atomic E-state index is 4.50. The largest absolute Gasteiger partial charge is 0.356 e. The van der Waals surface area contributed by atoms with Crippen LogP contribution in [0.1, 0.15) is 55.2 Å². The minimum Gasteiger partial charge on any atom is -0.356 e. The number of rotatable bonds is 5. The maximum absolute atomic E-state index is 4.50. The fourth-order valence-corrected chi connectivity index (χ4v) is 4.38. The Bertz CT molecular complexity index is 811. The highest BCUT2D eigenvalue weighted by Crippen LogP contribution is 2.26. The van der Waals surface area contributed by atoms with Gasteiger partial charge in [-0.1, -0.05) is 6.42 Å². The summed E-state index contributed by atoms with van der Waals surface area (Å²) in [5, 5.41) is 16.7. The summed E-state index contributed by atoms with van der Waals surface area (Å²) in [6, 6.07) is 0. The molecule has 0 amide bonds. The number of fused-ring (bicyclic) bond motifs is 1. The van der Waals surface area contributed by atoms with E-state index in [0.717, 1.165) is 63.6 Å². The van der Waals surface area contributed by atoms with E-state index in [9.17, 15) is 0 Å². The number of aryl methyl sites for hydroxylation is 3. The Hall–Kier alpha value is -1.65. The van der Waals surface area contributed by atoms with Crippen LogP contribution in [0, 0.1) is 0 Å². The van der Waals surface area contributed by atoms with Crippen LogP contribution < -0.4 is 5.32 Å². The van der Waals surface area contributed by atoms with Gasteiger partial charge in [-0.3, -0.25) is 9.67 Å². The van der Waals surface area contributed by atoms with Crippen molar-refractivity contribution in [2.24, 2.45) is 12.0 Å². The first kappa shape index (κ1) is 22.0. The number of guanidine groups is 1. The van der Waals surface area contributed by atoms with Crippen LogP contribution in [0.25, 0.3) is 0 Å². The van der Waals surface area contributed by atoms with Crippen LogP contribution in [0.5, 0.6) is 0 Å². The first-order chi connectivity index (χ1) is 13.7. The highest BCUT2D eigenvalue weighted by molar-refractivity contribution is 14.0. The zero-order chi connectivity index (χ0) is 19.3. The predicted octanol–water partition coefficient (Wildman–Crippen LogP) is 2.35. The first-order valence-corrected chi connectivity index (χ1v) is 10.6. The van der Waals surface area contributed by atoms with Crippen molar-refractivity contribution in [3.63, 3.8) is 0 Å². The van der Waals surface area contributed by atoms with Crippen LogP contribution in [-0.2, 0) is 26.4 Å². The lowest BCUT2D eigenvalue weighted by Gasteiger charge is -2.21. The Morgan fingerprint density at radius 2 is 2.14 bits per heavy atom. The lowest BCUT2D eigenvalue weighted by Crippen LogP contribution is -2.40. The topological polar surface area (TPSA) is 76.2 Å². The average Bonchev–Trinajstić information content (AvgIpc) is 3.39. The Labute approximate surface area is 190 Å². The molecule has 1 fully saturated rings. The highest BCUT2D eigenvalue weighted by Gasteiger charge is 2.26. The molecule has 1 unspecified atom stereocenters. The third-order valence-corrected chi connectivity index (χ3v) is 5.94. The molecule has 0 saturated carbocycles. The Morgan fingerprint density at radius 1 is 1.24 bits per heavy atom. The minimum absolute atomic E-state index is 0. The molecule has 9 heteroatoms. The Balaban J connectivity index is 0.00000240. The quantitative estimate of drug-likeness (QED) is 0.288. The van der Waals surface area contributed by atoms with Crippen LogP contribution in [0.15, 0.2) is 17.4 Å². The van der Waals surface area contributed by atoms with Gasteiger partial charge in [-0.2, -0.15) is 5.10 Å². The normalized spacial score (nSPS) is 19.6. The van der Waals surface area contributed by atoms with Crippen molar-refractivity contribution in [2.45, 2.75) is 57.4 Å². The molecule has 29 heavy (non-hydrogen) atoms. The van der Waals surface area contributed by atoms with Gasteiger partial charge < -0.3 is 14.8 Å². The summed E-state index contributed by atoms with van der Waals surface area (Å²) in [5.74, 6) is 3.87. The van der Waals surface area contributed by atoms with Crippen molar-refractivity contribution in [3.8, 4) is 0 Å². The predicted molar refractivity (Wildman–Crippen MR) is 125 cm³/mol. The van der Waals surface area contributed by atoms with E-state index in [0.29, 0.717) is 5.92 Å². The van der Waals surface area contributed by atoms with Gasteiger partial charge in [0.15, 0.2) is 5.96 Å². The number of likely N-dealkylation sites (tertiary alicyclic amines) is 1. The smallest absolute Gasteiger partial charge is 0.193 e. The van der Waals surface area contributed by atoms with E-state index >= 15 is 0 Å². The molecule has 4 rings (SSSR count). The first-order valence-electron chi connectivity index (χ1n) is 10.6. The van der Waals surface area contributed by atoms with E-state index in [4.69, 9.17) is 0 Å². The summed E-state index contributed by atoms with van der Waals surface area (Å²) in [6.45, 7) is 4.03. The van der Waals surface area contributed by atoms with Gasteiger partial charge in [0.05, 0.1) is 6.20 Å².